The van der Waals surface area contributed by atoms with E-state index in [1.54, 1.807) is 32.0 Å². The Morgan fingerprint density at radius 2 is 1.91 bits per heavy atom. The normalized spacial score (nSPS) is 15.2. The Kier molecular flexibility index (Phi) is 3.64. The minimum absolute atomic E-state index is 0.0675. The van der Waals surface area contributed by atoms with E-state index in [1.807, 2.05) is 0 Å². The van der Waals surface area contributed by atoms with E-state index in [0.717, 1.165) is 12.8 Å². The predicted molar refractivity (Wildman–Crippen MR) is 80.7 cm³/mol. The van der Waals surface area contributed by atoms with Gasteiger partial charge in [0.1, 0.15) is 0 Å². The predicted octanol–water partition coefficient (Wildman–Crippen LogP) is 2.97. The SMILES string of the molecule is CC(C)S(=O)(=O)c1ccccc1C(=O)c1cnoc1C1CC1. The highest BCUT2D eigenvalue weighted by Crippen LogP contribution is 2.42. The van der Waals surface area contributed by atoms with Crippen LogP contribution in [0.2, 0.25) is 0 Å². The molecule has 0 N–H and O–H groups in total. The van der Waals surface area contributed by atoms with E-state index in [4.69, 9.17) is 4.52 Å². The minimum atomic E-state index is -3.53. The second kappa shape index (κ2) is 5.35. The third-order valence-corrected chi connectivity index (χ3v) is 6.06. The lowest BCUT2D eigenvalue weighted by molar-refractivity contribution is 0.103. The van der Waals surface area contributed by atoms with Crippen molar-refractivity contribution in [2.45, 2.75) is 42.8 Å². The number of carbonyl (C=O) groups excluding carboxylic acids is 1. The van der Waals surface area contributed by atoms with E-state index in [-0.39, 0.29) is 22.2 Å². The molecule has 6 heteroatoms. The van der Waals surface area contributed by atoms with Gasteiger partial charge in [-0.15, -0.1) is 0 Å². The smallest absolute Gasteiger partial charge is 0.199 e. The summed E-state index contributed by atoms with van der Waals surface area (Å²) in [6, 6.07) is 6.31. The van der Waals surface area contributed by atoms with Crippen molar-refractivity contribution in [3.63, 3.8) is 0 Å². The van der Waals surface area contributed by atoms with Gasteiger partial charge in [0.2, 0.25) is 0 Å². The number of hydrogen-bond donors (Lipinski definition) is 0. The molecule has 5 nitrogen and oxygen atoms in total. The monoisotopic (exact) mass is 319 g/mol. The van der Waals surface area contributed by atoms with E-state index in [0.29, 0.717) is 11.3 Å². The van der Waals surface area contributed by atoms with Crippen molar-refractivity contribution in [3.8, 4) is 0 Å². The Balaban J connectivity index is 2.09. The van der Waals surface area contributed by atoms with Crippen LogP contribution in [0.4, 0.5) is 0 Å². The number of carbonyl (C=O) groups is 1. The zero-order valence-corrected chi connectivity index (χ0v) is 13.3. The summed E-state index contributed by atoms with van der Waals surface area (Å²) in [5, 5.41) is 3.12. The van der Waals surface area contributed by atoms with Gasteiger partial charge in [-0.1, -0.05) is 17.3 Å². The highest BCUT2D eigenvalue weighted by atomic mass is 32.2. The molecule has 1 aliphatic rings. The third-order valence-electron chi connectivity index (χ3n) is 3.85. The summed E-state index contributed by atoms with van der Waals surface area (Å²) in [5.74, 6) is 0.458. The summed E-state index contributed by atoms with van der Waals surface area (Å²) in [6.45, 7) is 3.21. The third kappa shape index (κ3) is 2.47. The maximum absolute atomic E-state index is 12.8. The van der Waals surface area contributed by atoms with Gasteiger partial charge in [0, 0.05) is 11.5 Å². The first-order valence-corrected chi connectivity index (χ1v) is 8.79. The van der Waals surface area contributed by atoms with Crippen LogP contribution >= 0.6 is 0 Å². The number of benzene rings is 1. The minimum Gasteiger partial charge on any atom is -0.360 e. The van der Waals surface area contributed by atoms with E-state index in [2.05, 4.69) is 5.16 Å². The van der Waals surface area contributed by atoms with Gasteiger partial charge >= 0.3 is 0 Å². The first kappa shape index (κ1) is 15.0. The van der Waals surface area contributed by atoms with Crippen LogP contribution in [0.1, 0.15) is 54.3 Å². The van der Waals surface area contributed by atoms with Crippen molar-refractivity contribution >= 4 is 15.6 Å². The molecule has 0 amide bonds. The van der Waals surface area contributed by atoms with Crippen molar-refractivity contribution in [2.75, 3.05) is 0 Å². The quantitative estimate of drug-likeness (QED) is 0.792. The van der Waals surface area contributed by atoms with Gasteiger partial charge in [-0.3, -0.25) is 4.79 Å². The highest BCUT2D eigenvalue weighted by molar-refractivity contribution is 7.92. The van der Waals surface area contributed by atoms with E-state index in [1.165, 1.54) is 12.3 Å². The molecular weight excluding hydrogens is 302 g/mol. The Morgan fingerprint density at radius 1 is 1.23 bits per heavy atom. The molecule has 0 unspecified atom stereocenters. The van der Waals surface area contributed by atoms with Gasteiger partial charge < -0.3 is 4.52 Å². The molecule has 0 aliphatic heterocycles. The van der Waals surface area contributed by atoms with Crippen LogP contribution in [0.5, 0.6) is 0 Å². The van der Waals surface area contributed by atoms with Gasteiger partial charge in [0.15, 0.2) is 21.4 Å². The maximum atomic E-state index is 12.8. The maximum Gasteiger partial charge on any atom is 0.199 e. The average molecular weight is 319 g/mol. The Bertz CT molecular complexity index is 816. The summed E-state index contributed by atoms with van der Waals surface area (Å²) >= 11 is 0. The average Bonchev–Trinajstić information content (AvgIpc) is 3.23. The van der Waals surface area contributed by atoms with Crippen molar-refractivity contribution in [3.05, 3.63) is 47.3 Å². The van der Waals surface area contributed by atoms with Crippen LogP contribution in [0.15, 0.2) is 39.9 Å². The molecule has 0 atom stereocenters. The molecule has 1 heterocycles. The Labute approximate surface area is 129 Å². The summed E-state index contributed by atoms with van der Waals surface area (Å²) in [7, 11) is -3.53. The summed E-state index contributed by atoms with van der Waals surface area (Å²) < 4.78 is 30.1. The number of sulfone groups is 1. The van der Waals surface area contributed by atoms with Crippen LogP contribution in [0.3, 0.4) is 0 Å². The second-order valence-electron chi connectivity index (χ2n) is 5.80. The first-order valence-electron chi connectivity index (χ1n) is 7.25. The van der Waals surface area contributed by atoms with E-state index in [9.17, 15) is 13.2 Å². The van der Waals surface area contributed by atoms with Crippen LogP contribution in [0, 0.1) is 0 Å². The van der Waals surface area contributed by atoms with Crippen molar-refractivity contribution in [1.29, 1.82) is 0 Å². The van der Waals surface area contributed by atoms with Crippen molar-refractivity contribution < 1.29 is 17.7 Å². The van der Waals surface area contributed by atoms with E-state index < -0.39 is 15.1 Å². The molecule has 22 heavy (non-hydrogen) atoms. The molecule has 0 saturated heterocycles. The lowest BCUT2D eigenvalue weighted by atomic mass is 10.0. The molecule has 1 saturated carbocycles. The molecule has 1 aliphatic carbocycles. The molecular formula is C16H17NO4S. The molecule has 0 spiro atoms. The Morgan fingerprint density at radius 3 is 2.55 bits per heavy atom. The molecule has 0 bridgehead atoms. The summed E-state index contributed by atoms with van der Waals surface area (Å²) in [5.41, 5.74) is 0.551. The largest absolute Gasteiger partial charge is 0.360 e. The molecule has 1 aromatic heterocycles. The van der Waals surface area contributed by atoms with Crippen LogP contribution in [0.25, 0.3) is 0 Å². The zero-order chi connectivity index (χ0) is 15.9. The van der Waals surface area contributed by atoms with Crippen LogP contribution in [-0.2, 0) is 9.84 Å². The lowest BCUT2D eigenvalue weighted by Gasteiger charge is -2.11. The molecule has 3 rings (SSSR count). The number of hydrogen-bond acceptors (Lipinski definition) is 5. The van der Waals surface area contributed by atoms with Gasteiger partial charge in [-0.2, -0.15) is 0 Å². The standard InChI is InChI=1S/C16H17NO4S/c1-10(2)22(19,20)14-6-4-3-5-12(14)15(18)13-9-17-21-16(13)11-7-8-11/h3-6,9-11H,7-8H2,1-2H3. The van der Waals surface area contributed by atoms with Crippen LogP contribution < -0.4 is 0 Å². The highest BCUT2D eigenvalue weighted by Gasteiger charge is 2.34. The van der Waals surface area contributed by atoms with E-state index >= 15 is 0 Å². The van der Waals surface area contributed by atoms with Gasteiger partial charge in [-0.05, 0) is 38.8 Å². The molecule has 1 fully saturated rings. The van der Waals surface area contributed by atoms with Crippen molar-refractivity contribution in [2.24, 2.45) is 0 Å². The van der Waals surface area contributed by atoms with Crippen molar-refractivity contribution in [1.82, 2.24) is 5.16 Å². The van der Waals surface area contributed by atoms with Gasteiger partial charge in [0.25, 0.3) is 0 Å². The Hall–Kier alpha value is -1.95. The molecule has 0 radical (unpaired) electrons. The topological polar surface area (TPSA) is 77.2 Å². The van der Waals surface area contributed by atoms with Gasteiger partial charge in [0.05, 0.1) is 21.9 Å². The summed E-state index contributed by atoms with van der Waals surface area (Å²) in [6.07, 6.45) is 3.33. The number of nitrogens with zero attached hydrogens (tertiary/aromatic N) is 1. The van der Waals surface area contributed by atoms with Gasteiger partial charge in [-0.25, -0.2) is 8.42 Å². The van der Waals surface area contributed by atoms with Crippen LogP contribution in [-0.4, -0.2) is 24.6 Å². The second-order valence-corrected chi connectivity index (χ2v) is 8.27. The lowest BCUT2D eigenvalue weighted by Crippen LogP contribution is -2.18. The fourth-order valence-electron chi connectivity index (χ4n) is 2.36. The first-order chi connectivity index (χ1) is 10.4. The molecule has 1 aromatic carbocycles. The molecule has 116 valence electrons. The number of aromatic nitrogens is 1. The zero-order valence-electron chi connectivity index (χ0n) is 12.4. The fourth-order valence-corrected chi connectivity index (χ4v) is 3.60. The fraction of sp³-hybridized carbons (Fsp3) is 0.375. The number of rotatable bonds is 5. The number of ketones is 1. The summed E-state index contributed by atoms with van der Waals surface area (Å²) in [4.78, 5) is 12.9. The molecule has 2 aromatic rings.